The molecule has 0 aliphatic carbocycles. The highest BCUT2D eigenvalue weighted by Crippen LogP contribution is 2.31. The first-order chi connectivity index (χ1) is 8.70. The third kappa shape index (κ3) is 3.11. The van der Waals surface area contributed by atoms with E-state index in [-0.39, 0.29) is 11.9 Å². The summed E-state index contributed by atoms with van der Waals surface area (Å²) in [6, 6.07) is 4.96. The number of hydrogen-bond acceptors (Lipinski definition) is 4. The van der Waals surface area contributed by atoms with Crippen LogP contribution < -0.4 is 5.73 Å². The van der Waals surface area contributed by atoms with Crippen molar-refractivity contribution in [2.24, 2.45) is 5.73 Å². The molecule has 2 aromatic rings. The minimum absolute atomic E-state index is 0.0363. The number of halogens is 1. The first-order valence-corrected chi connectivity index (χ1v) is 6.62. The normalized spacial score (nSPS) is 12.6. The van der Waals surface area contributed by atoms with Crippen molar-refractivity contribution in [3.63, 3.8) is 0 Å². The third-order valence-corrected chi connectivity index (χ3v) is 3.65. The van der Waals surface area contributed by atoms with Crippen LogP contribution in [-0.2, 0) is 6.42 Å². The second kappa shape index (κ2) is 6.02. The van der Waals surface area contributed by atoms with Crippen LogP contribution in [-0.4, -0.2) is 11.0 Å². The van der Waals surface area contributed by atoms with Gasteiger partial charge in [-0.1, -0.05) is 13.0 Å². The largest absolute Gasteiger partial charge is 0.440 e. The quantitative estimate of drug-likeness (QED) is 0.902. The number of rotatable bonds is 5. The van der Waals surface area contributed by atoms with Crippen molar-refractivity contribution in [1.29, 1.82) is 0 Å². The van der Waals surface area contributed by atoms with E-state index in [1.165, 1.54) is 24.1 Å². The van der Waals surface area contributed by atoms with Gasteiger partial charge in [0.25, 0.3) is 5.22 Å². The van der Waals surface area contributed by atoms with Gasteiger partial charge in [-0.25, -0.2) is 9.37 Å². The average Bonchev–Trinajstić information content (AvgIpc) is 2.86. The predicted molar refractivity (Wildman–Crippen MR) is 69.0 cm³/mol. The molecule has 0 aliphatic rings. The maximum atomic E-state index is 13.9. The molecule has 0 spiro atoms. The fourth-order valence-corrected chi connectivity index (χ4v) is 2.45. The zero-order chi connectivity index (χ0) is 13.0. The highest BCUT2D eigenvalue weighted by atomic mass is 32.2. The zero-order valence-electron chi connectivity index (χ0n) is 10.1. The van der Waals surface area contributed by atoms with Crippen LogP contribution in [0.15, 0.2) is 45.2 Å². The number of aromatic nitrogens is 1. The van der Waals surface area contributed by atoms with Crippen LogP contribution in [0.2, 0.25) is 0 Å². The summed E-state index contributed by atoms with van der Waals surface area (Å²) in [5, 5.41) is 0.506. The summed E-state index contributed by atoms with van der Waals surface area (Å²) < 4.78 is 19.0. The molecule has 3 nitrogen and oxygen atoms in total. The molecule has 0 bridgehead atoms. The van der Waals surface area contributed by atoms with E-state index in [1.54, 1.807) is 12.3 Å². The molecule has 2 N–H and O–H groups in total. The van der Waals surface area contributed by atoms with Crippen molar-refractivity contribution in [3.05, 3.63) is 42.0 Å². The summed E-state index contributed by atoms with van der Waals surface area (Å²) in [6.07, 6.45) is 4.40. The highest BCUT2D eigenvalue weighted by molar-refractivity contribution is 7.99. The standard InChI is InChI=1S/C13H15FN2OS/c1-2-9(15)8-10-11(14)4-3-5-12(10)18-13-16-6-7-17-13/h3-7,9H,2,8,15H2,1H3. The lowest BCUT2D eigenvalue weighted by molar-refractivity contribution is 0.454. The van der Waals surface area contributed by atoms with Gasteiger partial charge in [-0.05, 0) is 36.7 Å². The van der Waals surface area contributed by atoms with Crippen LogP contribution in [0.25, 0.3) is 0 Å². The molecule has 0 saturated heterocycles. The molecule has 18 heavy (non-hydrogen) atoms. The van der Waals surface area contributed by atoms with Gasteiger partial charge in [0.1, 0.15) is 12.1 Å². The molecule has 1 aromatic heterocycles. The molecule has 1 aromatic carbocycles. The Bertz CT molecular complexity index is 502. The smallest absolute Gasteiger partial charge is 0.260 e. The van der Waals surface area contributed by atoms with Crippen LogP contribution >= 0.6 is 11.8 Å². The zero-order valence-corrected chi connectivity index (χ0v) is 10.9. The summed E-state index contributed by atoms with van der Waals surface area (Å²) in [5.74, 6) is -0.226. The van der Waals surface area contributed by atoms with E-state index in [2.05, 4.69) is 4.98 Å². The van der Waals surface area contributed by atoms with Gasteiger partial charge >= 0.3 is 0 Å². The fraction of sp³-hybridized carbons (Fsp3) is 0.308. The molecule has 1 unspecified atom stereocenters. The molecule has 0 aliphatic heterocycles. The summed E-state index contributed by atoms with van der Waals surface area (Å²) in [5.41, 5.74) is 6.54. The number of benzene rings is 1. The van der Waals surface area contributed by atoms with Gasteiger partial charge in [0.05, 0.1) is 6.20 Å². The SMILES string of the molecule is CCC(N)Cc1c(F)cccc1Sc1ncco1. The van der Waals surface area contributed by atoms with Crippen LogP contribution in [0.3, 0.4) is 0 Å². The lowest BCUT2D eigenvalue weighted by Gasteiger charge is -2.12. The Morgan fingerprint density at radius 1 is 1.50 bits per heavy atom. The summed E-state index contributed by atoms with van der Waals surface area (Å²) in [4.78, 5) is 4.83. The van der Waals surface area contributed by atoms with E-state index in [1.807, 2.05) is 13.0 Å². The second-order valence-electron chi connectivity index (χ2n) is 3.99. The minimum atomic E-state index is -0.226. The Hall–Kier alpha value is -1.33. The van der Waals surface area contributed by atoms with Crippen LogP contribution in [0.5, 0.6) is 0 Å². The molecule has 96 valence electrons. The summed E-state index contributed by atoms with van der Waals surface area (Å²) in [7, 11) is 0. The summed E-state index contributed by atoms with van der Waals surface area (Å²) >= 11 is 1.31. The first kappa shape index (κ1) is 13.1. The van der Waals surface area contributed by atoms with Crippen LogP contribution in [0.4, 0.5) is 4.39 Å². The molecule has 1 heterocycles. The van der Waals surface area contributed by atoms with Crippen molar-refractivity contribution in [1.82, 2.24) is 4.98 Å². The minimum Gasteiger partial charge on any atom is -0.440 e. The van der Waals surface area contributed by atoms with E-state index >= 15 is 0 Å². The molecule has 5 heteroatoms. The van der Waals surface area contributed by atoms with Crippen molar-refractivity contribution < 1.29 is 8.81 Å². The molecular weight excluding hydrogens is 251 g/mol. The molecule has 0 saturated carbocycles. The molecule has 0 radical (unpaired) electrons. The van der Waals surface area contributed by atoms with Crippen molar-refractivity contribution in [2.75, 3.05) is 0 Å². The van der Waals surface area contributed by atoms with E-state index in [4.69, 9.17) is 10.2 Å². The Balaban J connectivity index is 2.26. The lowest BCUT2D eigenvalue weighted by atomic mass is 10.0. The van der Waals surface area contributed by atoms with E-state index in [9.17, 15) is 4.39 Å². The van der Waals surface area contributed by atoms with Gasteiger partial charge in [-0.3, -0.25) is 0 Å². The Morgan fingerprint density at radius 3 is 3.00 bits per heavy atom. The van der Waals surface area contributed by atoms with E-state index in [0.717, 1.165) is 11.3 Å². The maximum absolute atomic E-state index is 13.9. The van der Waals surface area contributed by atoms with Gasteiger partial charge in [-0.2, -0.15) is 0 Å². The fourth-order valence-electron chi connectivity index (χ4n) is 1.59. The van der Waals surface area contributed by atoms with E-state index in [0.29, 0.717) is 17.2 Å². The molecule has 1 atom stereocenters. The van der Waals surface area contributed by atoms with Crippen molar-refractivity contribution in [2.45, 2.75) is 35.9 Å². The Morgan fingerprint density at radius 2 is 2.33 bits per heavy atom. The average molecular weight is 266 g/mol. The highest BCUT2D eigenvalue weighted by Gasteiger charge is 2.14. The second-order valence-corrected chi connectivity index (χ2v) is 4.98. The van der Waals surface area contributed by atoms with Crippen LogP contribution in [0, 0.1) is 5.82 Å². The first-order valence-electron chi connectivity index (χ1n) is 5.81. The summed E-state index contributed by atoms with van der Waals surface area (Å²) in [6.45, 7) is 1.99. The maximum Gasteiger partial charge on any atom is 0.260 e. The number of nitrogens with zero attached hydrogens (tertiary/aromatic N) is 1. The Labute approximate surface area is 110 Å². The molecule has 0 fully saturated rings. The van der Waals surface area contributed by atoms with Crippen LogP contribution in [0.1, 0.15) is 18.9 Å². The predicted octanol–water partition coefficient (Wildman–Crippen LogP) is 3.24. The van der Waals surface area contributed by atoms with Crippen molar-refractivity contribution >= 4 is 11.8 Å². The van der Waals surface area contributed by atoms with Gasteiger partial charge in [-0.15, -0.1) is 0 Å². The lowest BCUT2D eigenvalue weighted by Crippen LogP contribution is -2.22. The number of hydrogen-bond donors (Lipinski definition) is 1. The Kier molecular flexibility index (Phi) is 4.38. The third-order valence-electron chi connectivity index (χ3n) is 2.67. The topological polar surface area (TPSA) is 52.0 Å². The monoisotopic (exact) mass is 266 g/mol. The number of nitrogens with two attached hydrogens (primary N) is 1. The molecule has 2 rings (SSSR count). The molecule has 0 amide bonds. The molecular formula is C13H15FN2OS. The number of oxazole rings is 1. The van der Waals surface area contributed by atoms with Gasteiger partial charge in [0.2, 0.25) is 0 Å². The van der Waals surface area contributed by atoms with Gasteiger partial charge in [0, 0.05) is 16.5 Å². The van der Waals surface area contributed by atoms with Gasteiger partial charge in [0.15, 0.2) is 0 Å². The van der Waals surface area contributed by atoms with E-state index < -0.39 is 0 Å². The van der Waals surface area contributed by atoms with Crippen molar-refractivity contribution in [3.8, 4) is 0 Å². The van der Waals surface area contributed by atoms with Gasteiger partial charge < -0.3 is 10.2 Å².